The molecule has 1 aromatic carbocycles. The first kappa shape index (κ1) is 15.9. The highest BCUT2D eigenvalue weighted by Gasteiger charge is 2.18. The number of halogens is 2. The quantitative estimate of drug-likeness (QED) is 0.805. The molecule has 6 nitrogen and oxygen atoms in total. The zero-order valence-electron chi connectivity index (χ0n) is 10.8. The van der Waals surface area contributed by atoms with E-state index in [1.807, 2.05) is 0 Å². The molecule has 9 heteroatoms. The summed E-state index contributed by atoms with van der Waals surface area (Å²) < 4.78 is 42.0. The summed E-state index contributed by atoms with van der Waals surface area (Å²) in [6, 6.07) is 4.03. The van der Waals surface area contributed by atoms with Gasteiger partial charge in [0.1, 0.15) is 10.7 Å². The highest BCUT2D eigenvalue weighted by molar-refractivity contribution is 9.10. The second-order valence-electron chi connectivity index (χ2n) is 4.25. The minimum atomic E-state index is -3.90. The summed E-state index contributed by atoms with van der Waals surface area (Å²) in [4.78, 5) is -0.0669. The van der Waals surface area contributed by atoms with Crippen molar-refractivity contribution in [1.82, 2.24) is 9.78 Å². The summed E-state index contributed by atoms with van der Waals surface area (Å²) in [5.41, 5.74) is -0.138. The number of rotatable bonds is 6. The van der Waals surface area contributed by atoms with Crippen molar-refractivity contribution in [1.29, 1.82) is 0 Å². The number of aromatic nitrogens is 2. The summed E-state index contributed by atoms with van der Waals surface area (Å²) in [5, 5.41) is 12.6. The van der Waals surface area contributed by atoms with Crippen LogP contribution in [-0.4, -0.2) is 29.9 Å². The number of aliphatic hydroxyl groups excluding tert-OH is 1. The Labute approximate surface area is 129 Å². The fraction of sp³-hybridized carbons (Fsp3) is 0.250. The van der Waals surface area contributed by atoms with E-state index in [-0.39, 0.29) is 17.2 Å². The Bertz CT molecular complexity index is 733. The zero-order valence-corrected chi connectivity index (χ0v) is 13.2. The highest BCUT2D eigenvalue weighted by atomic mass is 79.9. The molecule has 0 saturated heterocycles. The molecular weight excluding hydrogens is 365 g/mol. The van der Waals surface area contributed by atoms with Gasteiger partial charge in [0.2, 0.25) is 0 Å². The van der Waals surface area contributed by atoms with Gasteiger partial charge in [-0.1, -0.05) is 15.9 Å². The third kappa shape index (κ3) is 4.02. The molecule has 1 aromatic heterocycles. The lowest BCUT2D eigenvalue weighted by atomic mass is 10.3. The Kier molecular flexibility index (Phi) is 4.96. The monoisotopic (exact) mass is 377 g/mol. The topological polar surface area (TPSA) is 84.2 Å². The van der Waals surface area contributed by atoms with Crippen LogP contribution in [0.3, 0.4) is 0 Å². The molecule has 0 saturated carbocycles. The number of hydrogen-bond acceptors (Lipinski definition) is 4. The molecular formula is C12H13BrFN3O3S. The predicted octanol–water partition coefficient (Wildman–Crippen LogP) is 1.97. The second kappa shape index (κ2) is 6.54. The van der Waals surface area contributed by atoms with Crippen molar-refractivity contribution in [2.24, 2.45) is 0 Å². The fourth-order valence-corrected chi connectivity index (χ4v) is 2.97. The molecule has 0 atom stereocenters. The van der Waals surface area contributed by atoms with Gasteiger partial charge < -0.3 is 5.11 Å². The lowest BCUT2D eigenvalue weighted by Gasteiger charge is -2.07. The summed E-state index contributed by atoms with van der Waals surface area (Å²) in [7, 11) is -3.90. The minimum absolute atomic E-state index is 0.00963. The average molecular weight is 378 g/mol. The van der Waals surface area contributed by atoms with Crippen molar-refractivity contribution in [2.75, 3.05) is 11.3 Å². The van der Waals surface area contributed by atoms with Crippen molar-refractivity contribution in [2.45, 2.75) is 17.9 Å². The van der Waals surface area contributed by atoms with E-state index in [1.54, 1.807) is 0 Å². The van der Waals surface area contributed by atoms with Crippen LogP contribution < -0.4 is 4.72 Å². The number of nitrogens with one attached hydrogen (secondary N) is 1. The first-order valence-corrected chi connectivity index (χ1v) is 8.31. The molecule has 0 spiro atoms. The van der Waals surface area contributed by atoms with Gasteiger partial charge in [-0.3, -0.25) is 9.40 Å². The summed E-state index contributed by atoms with van der Waals surface area (Å²) in [6.07, 6.45) is 2.97. The normalized spacial score (nSPS) is 11.6. The van der Waals surface area contributed by atoms with E-state index >= 15 is 0 Å². The molecule has 1 heterocycles. The van der Waals surface area contributed by atoms with Crippen LogP contribution in [0.2, 0.25) is 0 Å². The third-order valence-electron chi connectivity index (χ3n) is 2.64. The smallest absolute Gasteiger partial charge is 0.265 e. The Balaban J connectivity index is 2.19. The van der Waals surface area contributed by atoms with Crippen LogP contribution >= 0.6 is 15.9 Å². The SMILES string of the molecule is O=S(=O)(Nc1ccc(Br)cc1F)c1cnn(CCCO)c1. The highest BCUT2D eigenvalue weighted by Crippen LogP contribution is 2.22. The number of aliphatic hydroxyl groups is 1. The van der Waals surface area contributed by atoms with Crippen LogP contribution in [0.15, 0.2) is 40.0 Å². The maximum Gasteiger partial charge on any atom is 0.265 e. The van der Waals surface area contributed by atoms with Crippen LogP contribution in [0.5, 0.6) is 0 Å². The van der Waals surface area contributed by atoms with E-state index in [4.69, 9.17) is 5.11 Å². The molecule has 2 N–H and O–H groups in total. The van der Waals surface area contributed by atoms with E-state index in [2.05, 4.69) is 25.8 Å². The van der Waals surface area contributed by atoms with Crippen molar-refractivity contribution in [3.05, 3.63) is 40.9 Å². The minimum Gasteiger partial charge on any atom is -0.396 e. The van der Waals surface area contributed by atoms with Gasteiger partial charge in [0.05, 0.1) is 11.9 Å². The van der Waals surface area contributed by atoms with Crippen LogP contribution in [0.1, 0.15) is 6.42 Å². The van der Waals surface area contributed by atoms with E-state index in [1.165, 1.54) is 35.3 Å². The molecule has 2 aromatic rings. The second-order valence-corrected chi connectivity index (χ2v) is 6.84. The molecule has 0 aliphatic heterocycles. The molecule has 21 heavy (non-hydrogen) atoms. The van der Waals surface area contributed by atoms with Gasteiger partial charge in [0.15, 0.2) is 0 Å². The van der Waals surface area contributed by atoms with Gasteiger partial charge in [-0.05, 0) is 24.6 Å². The lowest BCUT2D eigenvalue weighted by Crippen LogP contribution is -2.13. The number of sulfonamides is 1. The maximum absolute atomic E-state index is 13.7. The number of aryl methyl sites for hydroxylation is 1. The number of benzene rings is 1. The third-order valence-corrected chi connectivity index (χ3v) is 4.45. The summed E-state index contributed by atoms with van der Waals surface area (Å²) in [5.74, 6) is -0.680. The van der Waals surface area contributed by atoms with Gasteiger partial charge in [-0.2, -0.15) is 5.10 Å². The van der Waals surface area contributed by atoms with Crippen molar-refractivity contribution >= 4 is 31.6 Å². The molecule has 0 radical (unpaired) electrons. The first-order valence-electron chi connectivity index (χ1n) is 6.03. The Hall–Kier alpha value is -1.45. The van der Waals surface area contributed by atoms with Crippen molar-refractivity contribution in [3.8, 4) is 0 Å². The number of anilines is 1. The zero-order chi connectivity index (χ0) is 15.5. The molecule has 0 aliphatic carbocycles. The summed E-state index contributed by atoms with van der Waals surface area (Å²) >= 11 is 3.10. The van der Waals surface area contributed by atoms with Gasteiger partial charge >= 0.3 is 0 Å². The largest absolute Gasteiger partial charge is 0.396 e. The first-order chi connectivity index (χ1) is 9.92. The van der Waals surface area contributed by atoms with Crippen LogP contribution in [0.4, 0.5) is 10.1 Å². The average Bonchev–Trinajstić information content (AvgIpc) is 2.89. The molecule has 2 rings (SSSR count). The van der Waals surface area contributed by atoms with Gasteiger partial charge in [-0.25, -0.2) is 12.8 Å². The van der Waals surface area contributed by atoms with Gasteiger partial charge in [0, 0.05) is 23.8 Å². The van der Waals surface area contributed by atoms with E-state index in [0.717, 1.165) is 0 Å². The number of nitrogens with zero attached hydrogens (tertiary/aromatic N) is 2. The molecule has 0 aliphatic rings. The van der Waals surface area contributed by atoms with Crippen molar-refractivity contribution < 1.29 is 17.9 Å². The van der Waals surface area contributed by atoms with Gasteiger partial charge in [-0.15, -0.1) is 0 Å². The Morgan fingerprint density at radius 3 is 2.86 bits per heavy atom. The van der Waals surface area contributed by atoms with Crippen LogP contribution in [-0.2, 0) is 16.6 Å². The lowest BCUT2D eigenvalue weighted by molar-refractivity contribution is 0.277. The molecule has 0 unspecified atom stereocenters. The molecule has 0 fully saturated rings. The Morgan fingerprint density at radius 1 is 1.43 bits per heavy atom. The number of hydrogen-bond donors (Lipinski definition) is 2. The maximum atomic E-state index is 13.7. The summed E-state index contributed by atoms with van der Waals surface area (Å²) in [6.45, 7) is 0.392. The molecule has 0 bridgehead atoms. The molecule has 114 valence electrons. The standard InChI is InChI=1S/C12H13BrFN3O3S/c13-9-2-3-12(11(14)6-9)16-21(19,20)10-7-15-17(8-10)4-1-5-18/h2-3,6-8,16,18H,1,4-5H2. The van der Waals surface area contributed by atoms with Gasteiger partial charge in [0.25, 0.3) is 10.0 Å². The predicted molar refractivity (Wildman–Crippen MR) is 78.8 cm³/mol. The Morgan fingerprint density at radius 2 is 2.19 bits per heavy atom. The van der Waals surface area contributed by atoms with Crippen LogP contribution in [0.25, 0.3) is 0 Å². The molecule has 0 amide bonds. The van der Waals surface area contributed by atoms with Crippen molar-refractivity contribution in [3.63, 3.8) is 0 Å². The van der Waals surface area contributed by atoms with Crippen LogP contribution in [0, 0.1) is 5.82 Å². The van der Waals surface area contributed by atoms with E-state index < -0.39 is 15.8 Å². The fourth-order valence-electron chi connectivity index (χ4n) is 1.61. The van der Waals surface area contributed by atoms with E-state index in [9.17, 15) is 12.8 Å². The van der Waals surface area contributed by atoms with E-state index in [0.29, 0.717) is 17.4 Å².